The number of fused-ring (bicyclic) bond motifs is 4. The molecule has 3 atom stereocenters. The number of urea groups is 1. The van der Waals surface area contributed by atoms with Crippen LogP contribution in [0, 0.1) is 0 Å². The lowest BCUT2D eigenvalue weighted by Crippen LogP contribution is -2.44. The van der Waals surface area contributed by atoms with Crippen molar-refractivity contribution in [3.63, 3.8) is 0 Å². The number of carboxylic acid groups (broad SMARTS) is 1. The lowest BCUT2D eigenvalue weighted by Gasteiger charge is -2.36. The molecule has 3 aliphatic rings. The van der Waals surface area contributed by atoms with Crippen LogP contribution in [0.4, 0.5) is 10.5 Å². The van der Waals surface area contributed by atoms with Gasteiger partial charge in [0.25, 0.3) is 11.8 Å². The van der Waals surface area contributed by atoms with Crippen molar-refractivity contribution in [3.05, 3.63) is 95.2 Å². The number of nitrogens with one attached hydrogen (secondary N) is 1. The Labute approximate surface area is 241 Å². The van der Waals surface area contributed by atoms with Gasteiger partial charge in [0.1, 0.15) is 23.9 Å². The van der Waals surface area contributed by atoms with Gasteiger partial charge in [-0.3, -0.25) is 14.5 Å². The van der Waals surface area contributed by atoms with Gasteiger partial charge in [-0.05, 0) is 54.3 Å². The topological polar surface area (TPSA) is 123 Å². The van der Waals surface area contributed by atoms with Gasteiger partial charge in [-0.25, -0.2) is 14.5 Å². The Balaban J connectivity index is 1.33. The molecule has 0 saturated carbocycles. The number of hydrogen-bond donors (Lipinski definition) is 2. The zero-order valence-electron chi connectivity index (χ0n) is 22.8. The van der Waals surface area contributed by atoms with Gasteiger partial charge in [0.15, 0.2) is 0 Å². The second-order valence-electron chi connectivity index (χ2n) is 10.8. The number of rotatable bonds is 5. The summed E-state index contributed by atoms with van der Waals surface area (Å²) >= 11 is 0. The van der Waals surface area contributed by atoms with Crippen molar-refractivity contribution in [1.82, 2.24) is 14.8 Å². The fourth-order valence-corrected chi connectivity index (χ4v) is 6.70. The highest BCUT2D eigenvalue weighted by molar-refractivity contribution is 6.24. The zero-order valence-corrected chi connectivity index (χ0v) is 22.8. The molecule has 1 aromatic heterocycles. The number of aliphatic carboxylic acids is 1. The molecule has 7 rings (SSSR count). The summed E-state index contributed by atoms with van der Waals surface area (Å²) in [6.07, 6.45) is 1.24. The number of carboxylic acids is 1. The van der Waals surface area contributed by atoms with Gasteiger partial charge in [0.2, 0.25) is 0 Å². The minimum atomic E-state index is -1.07. The number of benzene rings is 3. The van der Waals surface area contributed by atoms with Crippen LogP contribution in [0.25, 0.3) is 10.9 Å². The van der Waals surface area contributed by atoms with Gasteiger partial charge in [0, 0.05) is 29.6 Å². The summed E-state index contributed by atoms with van der Waals surface area (Å²) in [5, 5.41) is 10.7. The summed E-state index contributed by atoms with van der Waals surface area (Å²) < 4.78 is 5.35. The van der Waals surface area contributed by atoms with Crippen LogP contribution in [0.15, 0.2) is 72.8 Å². The molecule has 212 valence electrons. The fraction of sp³-hybridized carbons (Fsp3) is 0.250. The second kappa shape index (κ2) is 9.76. The summed E-state index contributed by atoms with van der Waals surface area (Å²) in [6, 6.07) is 18.9. The number of nitrogens with zero attached hydrogens (tertiary/aromatic N) is 3. The van der Waals surface area contributed by atoms with Crippen LogP contribution < -0.4 is 9.64 Å². The van der Waals surface area contributed by atoms with Gasteiger partial charge in [-0.15, -0.1) is 0 Å². The van der Waals surface area contributed by atoms with E-state index in [0.717, 1.165) is 32.6 Å². The molecule has 2 saturated heterocycles. The van der Waals surface area contributed by atoms with E-state index >= 15 is 0 Å². The Morgan fingerprint density at radius 1 is 0.976 bits per heavy atom. The molecule has 42 heavy (non-hydrogen) atoms. The summed E-state index contributed by atoms with van der Waals surface area (Å²) in [7, 11) is 1.58. The average Bonchev–Trinajstić information content (AvgIpc) is 3.71. The molecule has 0 spiro atoms. The molecule has 0 bridgehead atoms. The van der Waals surface area contributed by atoms with Crippen molar-refractivity contribution in [2.75, 3.05) is 18.6 Å². The number of likely N-dealkylation sites (tertiary alicyclic amines) is 1. The van der Waals surface area contributed by atoms with Crippen molar-refractivity contribution in [3.8, 4) is 5.75 Å². The monoisotopic (exact) mass is 564 g/mol. The van der Waals surface area contributed by atoms with Gasteiger partial charge < -0.3 is 19.7 Å². The number of aromatic nitrogens is 1. The van der Waals surface area contributed by atoms with Crippen LogP contribution in [-0.2, 0) is 16.0 Å². The summed E-state index contributed by atoms with van der Waals surface area (Å²) in [5.74, 6) is -1.34. The zero-order chi connectivity index (χ0) is 29.1. The molecule has 0 aliphatic carbocycles. The van der Waals surface area contributed by atoms with Crippen molar-refractivity contribution < 1.29 is 29.0 Å². The lowest BCUT2D eigenvalue weighted by atomic mass is 9.89. The molecule has 3 aromatic carbocycles. The first-order valence-corrected chi connectivity index (χ1v) is 13.9. The molecule has 10 heteroatoms. The third-order valence-electron chi connectivity index (χ3n) is 8.65. The number of methoxy groups -OCH3 is 1. The molecule has 2 N–H and O–H groups in total. The molecule has 4 amide bonds. The molecular formula is C32H28N4O6. The number of amides is 4. The molecule has 0 unspecified atom stereocenters. The van der Waals surface area contributed by atoms with Crippen LogP contribution in [-0.4, -0.2) is 69.4 Å². The largest absolute Gasteiger partial charge is 0.497 e. The Bertz CT molecular complexity index is 1760. The standard InChI is InChI=1S/C32H28N4O6/c1-42-19-14-12-18(13-15-19)28-27-22(20-7-2-4-9-23(20)33-27)17-26-30(38)36(32(41)35(26)28)24-10-5-3-8-21(24)29(37)34-16-6-11-25(34)31(39)40/h2-5,7-10,12-15,25-26,28,33H,6,11,16-17H2,1H3,(H,39,40)/t25-,26+,28-/m1/s1. The van der Waals surface area contributed by atoms with Gasteiger partial charge in [-0.1, -0.05) is 42.5 Å². The molecular weight excluding hydrogens is 536 g/mol. The third-order valence-corrected chi connectivity index (χ3v) is 8.65. The number of ether oxygens (including phenoxy) is 1. The molecule has 0 radical (unpaired) electrons. The summed E-state index contributed by atoms with van der Waals surface area (Å²) in [5.41, 5.74) is 3.82. The first-order chi connectivity index (χ1) is 20.4. The van der Waals surface area contributed by atoms with Gasteiger partial charge in [0.05, 0.1) is 18.4 Å². The predicted octanol–water partition coefficient (Wildman–Crippen LogP) is 4.35. The Morgan fingerprint density at radius 2 is 1.71 bits per heavy atom. The normalized spacial score (nSPS) is 21.5. The number of para-hydroxylation sites is 2. The molecule has 3 aliphatic heterocycles. The SMILES string of the molecule is COc1ccc([C@@H]2c3[nH]c4ccccc4c3C[C@H]3C(=O)N(c4ccccc4C(=O)N4CCC[C@@H]4C(=O)O)C(=O)N23)cc1. The van der Waals surface area contributed by atoms with E-state index in [1.807, 2.05) is 48.5 Å². The number of hydrogen-bond acceptors (Lipinski definition) is 5. The second-order valence-corrected chi connectivity index (χ2v) is 10.8. The van der Waals surface area contributed by atoms with Crippen molar-refractivity contribution in [2.45, 2.75) is 37.4 Å². The van der Waals surface area contributed by atoms with Crippen LogP contribution in [0.1, 0.15) is 46.1 Å². The highest BCUT2D eigenvalue weighted by Crippen LogP contribution is 2.45. The molecule has 4 aromatic rings. The number of carbonyl (C=O) groups excluding carboxylic acids is 3. The first-order valence-electron chi connectivity index (χ1n) is 13.9. The Kier molecular flexibility index (Phi) is 6.00. The maximum Gasteiger partial charge on any atom is 0.332 e. The van der Waals surface area contributed by atoms with E-state index < -0.39 is 41.9 Å². The highest BCUT2D eigenvalue weighted by atomic mass is 16.5. The smallest absolute Gasteiger partial charge is 0.332 e. The minimum Gasteiger partial charge on any atom is -0.497 e. The van der Waals surface area contributed by atoms with E-state index in [0.29, 0.717) is 31.6 Å². The van der Waals surface area contributed by atoms with Crippen LogP contribution in [0.3, 0.4) is 0 Å². The number of aromatic amines is 1. The number of imide groups is 1. The van der Waals surface area contributed by atoms with E-state index in [1.54, 1.807) is 36.3 Å². The van der Waals surface area contributed by atoms with E-state index in [-0.39, 0.29) is 11.3 Å². The predicted molar refractivity (Wildman–Crippen MR) is 153 cm³/mol. The molecule has 2 fully saturated rings. The first kappa shape index (κ1) is 25.8. The van der Waals surface area contributed by atoms with Crippen LogP contribution in [0.2, 0.25) is 0 Å². The third kappa shape index (κ3) is 3.78. The summed E-state index contributed by atoms with van der Waals surface area (Å²) in [6.45, 7) is 0.294. The maximum atomic E-state index is 14.3. The number of anilines is 1. The van der Waals surface area contributed by atoms with Crippen molar-refractivity contribution >= 4 is 40.4 Å². The Morgan fingerprint density at radius 3 is 2.48 bits per heavy atom. The molecule has 4 heterocycles. The minimum absolute atomic E-state index is 0.122. The highest BCUT2D eigenvalue weighted by Gasteiger charge is 2.54. The van der Waals surface area contributed by atoms with Gasteiger partial charge in [-0.2, -0.15) is 0 Å². The van der Waals surface area contributed by atoms with Crippen LogP contribution in [0.5, 0.6) is 5.75 Å². The van der Waals surface area contributed by atoms with Gasteiger partial charge >= 0.3 is 12.0 Å². The fourth-order valence-electron chi connectivity index (χ4n) is 6.70. The quantitative estimate of drug-likeness (QED) is 0.348. The number of carbonyl (C=O) groups is 4. The van der Waals surface area contributed by atoms with Crippen molar-refractivity contribution in [1.29, 1.82) is 0 Å². The maximum absolute atomic E-state index is 14.3. The Hall–Kier alpha value is -5.12. The van der Waals surface area contributed by atoms with Crippen LogP contribution >= 0.6 is 0 Å². The number of H-pyrrole nitrogens is 1. The molecule has 10 nitrogen and oxygen atoms in total. The van der Waals surface area contributed by atoms with Crippen molar-refractivity contribution in [2.24, 2.45) is 0 Å². The average molecular weight is 565 g/mol. The van der Waals surface area contributed by atoms with E-state index in [4.69, 9.17) is 4.74 Å². The lowest BCUT2D eigenvalue weighted by molar-refractivity contribution is -0.141. The summed E-state index contributed by atoms with van der Waals surface area (Å²) in [4.78, 5) is 61.5. The van der Waals surface area contributed by atoms with E-state index in [9.17, 15) is 24.3 Å². The van der Waals surface area contributed by atoms with E-state index in [1.165, 1.54) is 4.90 Å². The van der Waals surface area contributed by atoms with E-state index in [2.05, 4.69) is 4.98 Å².